The molecule has 0 aliphatic heterocycles. The van der Waals surface area contributed by atoms with Gasteiger partial charge in [-0.2, -0.15) is 0 Å². The average molecular weight is 423 g/mol. The molecule has 0 aromatic heterocycles. The number of rotatable bonds is 10. The zero-order chi connectivity index (χ0) is 21.5. The monoisotopic (exact) mass is 422 g/mol. The Balaban J connectivity index is 1.25. The van der Waals surface area contributed by atoms with E-state index < -0.39 is 0 Å². The molecule has 5 unspecified atom stereocenters. The molecule has 1 aromatic carbocycles. The van der Waals surface area contributed by atoms with Crippen molar-refractivity contribution in [1.82, 2.24) is 0 Å². The average Bonchev–Trinajstić information content (AvgIpc) is 2.81. The van der Waals surface area contributed by atoms with Gasteiger partial charge in [0.25, 0.3) is 0 Å². The van der Waals surface area contributed by atoms with E-state index in [0.717, 1.165) is 29.6 Å². The summed E-state index contributed by atoms with van der Waals surface area (Å²) in [7, 11) is 0. The molecule has 1 aromatic rings. The standard InChI is InChI=1S/C31H50/c1-3-5-7-8-9-11-25-13-15-29-23-31(19-17-27(29)21-25)30-18-16-26-20-24(10-6-4-2)12-14-28(26)22-30/h16,18,22,24-25,27,29,31H,3-15,17,19-21,23H2,1-2H3. The molecule has 3 aliphatic rings. The number of benzene rings is 1. The van der Waals surface area contributed by atoms with E-state index in [1.165, 1.54) is 109 Å². The van der Waals surface area contributed by atoms with Crippen molar-refractivity contribution in [3.8, 4) is 0 Å². The van der Waals surface area contributed by atoms with Gasteiger partial charge in [-0.1, -0.05) is 96.3 Å². The van der Waals surface area contributed by atoms with Crippen molar-refractivity contribution in [2.24, 2.45) is 23.7 Å². The Kier molecular flexibility index (Phi) is 8.98. The second-order valence-electron chi connectivity index (χ2n) is 11.7. The smallest absolute Gasteiger partial charge is 0.0159 e. The topological polar surface area (TPSA) is 0 Å². The van der Waals surface area contributed by atoms with Crippen LogP contribution in [0, 0.1) is 23.7 Å². The molecule has 0 heteroatoms. The van der Waals surface area contributed by atoms with Crippen LogP contribution in [0.2, 0.25) is 0 Å². The van der Waals surface area contributed by atoms with Gasteiger partial charge >= 0.3 is 0 Å². The van der Waals surface area contributed by atoms with Crippen molar-refractivity contribution in [3.05, 3.63) is 34.9 Å². The van der Waals surface area contributed by atoms with Gasteiger partial charge in [-0.3, -0.25) is 0 Å². The Bertz CT molecular complexity index is 658. The molecule has 0 saturated heterocycles. The number of hydrogen-bond acceptors (Lipinski definition) is 0. The van der Waals surface area contributed by atoms with Crippen molar-refractivity contribution < 1.29 is 0 Å². The summed E-state index contributed by atoms with van der Waals surface area (Å²) in [5.41, 5.74) is 5.09. The molecular formula is C31H50. The van der Waals surface area contributed by atoms with Crippen LogP contribution in [0.5, 0.6) is 0 Å². The zero-order valence-corrected chi connectivity index (χ0v) is 20.8. The summed E-state index contributed by atoms with van der Waals surface area (Å²) in [4.78, 5) is 0. The highest BCUT2D eigenvalue weighted by atomic mass is 14.4. The van der Waals surface area contributed by atoms with Gasteiger partial charge in [-0.15, -0.1) is 0 Å². The molecule has 0 spiro atoms. The predicted molar refractivity (Wildman–Crippen MR) is 136 cm³/mol. The zero-order valence-electron chi connectivity index (χ0n) is 20.8. The summed E-state index contributed by atoms with van der Waals surface area (Å²) in [6, 6.07) is 7.72. The third-order valence-electron chi connectivity index (χ3n) is 9.44. The summed E-state index contributed by atoms with van der Waals surface area (Å²) >= 11 is 0. The van der Waals surface area contributed by atoms with E-state index in [4.69, 9.17) is 0 Å². The summed E-state index contributed by atoms with van der Waals surface area (Å²) in [5.74, 6) is 4.96. The van der Waals surface area contributed by atoms with Crippen molar-refractivity contribution in [2.75, 3.05) is 0 Å². The maximum atomic E-state index is 2.65. The Morgan fingerprint density at radius 3 is 2.32 bits per heavy atom. The molecule has 31 heavy (non-hydrogen) atoms. The lowest BCUT2D eigenvalue weighted by atomic mass is 9.63. The van der Waals surface area contributed by atoms with Gasteiger partial charge in [-0.05, 0) is 97.6 Å². The molecule has 0 heterocycles. The van der Waals surface area contributed by atoms with Crippen molar-refractivity contribution in [1.29, 1.82) is 0 Å². The molecule has 174 valence electrons. The summed E-state index contributed by atoms with van der Waals surface area (Å²) in [6.45, 7) is 4.66. The number of hydrogen-bond donors (Lipinski definition) is 0. The van der Waals surface area contributed by atoms with E-state index in [2.05, 4.69) is 32.0 Å². The fraction of sp³-hybridized carbons (Fsp3) is 0.806. The predicted octanol–water partition coefficient (Wildman–Crippen LogP) is 9.64. The summed E-state index contributed by atoms with van der Waals surface area (Å²) in [5, 5.41) is 0. The minimum atomic E-state index is 0.856. The highest BCUT2D eigenvalue weighted by molar-refractivity contribution is 5.36. The van der Waals surface area contributed by atoms with Gasteiger partial charge in [0.1, 0.15) is 0 Å². The normalized spacial score (nSPS) is 30.6. The first-order valence-electron chi connectivity index (χ1n) is 14.4. The van der Waals surface area contributed by atoms with Crippen molar-refractivity contribution >= 4 is 0 Å². The molecule has 4 rings (SSSR count). The van der Waals surface area contributed by atoms with Crippen LogP contribution in [0.1, 0.15) is 139 Å². The third kappa shape index (κ3) is 6.39. The maximum Gasteiger partial charge on any atom is -0.0159 e. The Morgan fingerprint density at radius 1 is 0.677 bits per heavy atom. The largest absolute Gasteiger partial charge is 0.0654 e. The summed E-state index contributed by atoms with van der Waals surface area (Å²) in [6.07, 6.45) is 26.2. The number of aryl methyl sites for hydroxylation is 1. The fourth-order valence-corrected chi connectivity index (χ4v) is 7.43. The molecule has 5 atom stereocenters. The van der Waals surface area contributed by atoms with E-state index in [1.54, 1.807) is 23.1 Å². The van der Waals surface area contributed by atoms with Crippen LogP contribution in [-0.4, -0.2) is 0 Å². The highest BCUT2D eigenvalue weighted by Crippen LogP contribution is 2.48. The van der Waals surface area contributed by atoms with Crippen LogP contribution in [0.4, 0.5) is 0 Å². The van der Waals surface area contributed by atoms with Crippen LogP contribution >= 0.6 is 0 Å². The van der Waals surface area contributed by atoms with Crippen LogP contribution in [0.15, 0.2) is 18.2 Å². The molecule has 0 bridgehead atoms. The second kappa shape index (κ2) is 11.9. The summed E-state index contributed by atoms with van der Waals surface area (Å²) < 4.78 is 0. The van der Waals surface area contributed by atoms with Gasteiger partial charge in [0.05, 0.1) is 0 Å². The quantitative estimate of drug-likeness (QED) is 0.329. The lowest BCUT2D eigenvalue weighted by Gasteiger charge is -2.42. The molecule has 0 N–H and O–H groups in total. The molecule has 3 aliphatic carbocycles. The number of fused-ring (bicyclic) bond motifs is 2. The first-order valence-corrected chi connectivity index (χ1v) is 14.4. The first-order chi connectivity index (χ1) is 15.3. The van der Waals surface area contributed by atoms with Crippen LogP contribution < -0.4 is 0 Å². The molecular weight excluding hydrogens is 372 g/mol. The third-order valence-corrected chi connectivity index (χ3v) is 9.44. The van der Waals surface area contributed by atoms with E-state index in [0.29, 0.717) is 0 Å². The number of unbranched alkanes of at least 4 members (excludes halogenated alkanes) is 5. The lowest BCUT2D eigenvalue weighted by molar-refractivity contribution is 0.113. The van der Waals surface area contributed by atoms with Crippen LogP contribution in [0.25, 0.3) is 0 Å². The molecule has 0 amide bonds. The highest BCUT2D eigenvalue weighted by Gasteiger charge is 2.36. The van der Waals surface area contributed by atoms with Gasteiger partial charge in [0.15, 0.2) is 0 Å². The molecule has 2 fully saturated rings. The van der Waals surface area contributed by atoms with E-state index in [1.807, 2.05) is 0 Å². The van der Waals surface area contributed by atoms with Crippen LogP contribution in [0.3, 0.4) is 0 Å². The van der Waals surface area contributed by atoms with Gasteiger partial charge in [0.2, 0.25) is 0 Å². The maximum absolute atomic E-state index is 2.65. The molecule has 2 saturated carbocycles. The Morgan fingerprint density at radius 2 is 1.45 bits per heavy atom. The van der Waals surface area contributed by atoms with E-state index in [9.17, 15) is 0 Å². The molecule has 0 radical (unpaired) electrons. The Hall–Kier alpha value is -0.780. The minimum Gasteiger partial charge on any atom is -0.0654 e. The Labute approximate surface area is 194 Å². The van der Waals surface area contributed by atoms with Gasteiger partial charge < -0.3 is 0 Å². The first kappa shape index (κ1) is 23.4. The van der Waals surface area contributed by atoms with Gasteiger partial charge in [0, 0.05) is 0 Å². The molecule has 0 nitrogen and oxygen atoms in total. The van der Waals surface area contributed by atoms with Gasteiger partial charge in [-0.25, -0.2) is 0 Å². The fourth-order valence-electron chi connectivity index (χ4n) is 7.43. The lowest BCUT2D eigenvalue weighted by Crippen LogP contribution is -2.30. The SMILES string of the molecule is CCCCCCCC1CCC2CC(c3ccc4c(c3)CCC(CCCC)C4)CCC2C1. The van der Waals surface area contributed by atoms with E-state index in [-0.39, 0.29) is 0 Å². The second-order valence-corrected chi connectivity index (χ2v) is 11.7. The van der Waals surface area contributed by atoms with E-state index >= 15 is 0 Å². The van der Waals surface area contributed by atoms with Crippen molar-refractivity contribution in [3.63, 3.8) is 0 Å². The van der Waals surface area contributed by atoms with Crippen LogP contribution in [-0.2, 0) is 12.8 Å². The van der Waals surface area contributed by atoms with Crippen molar-refractivity contribution in [2.45, 2.75) is 135 Å². The minimum absolute atomic E-state index is 0.856.